The van der Waals surface area contributed by atoms with Gasteiger partial charge in [-0.15, -0.1) is 0 Å². The number of hydrogen-bond acceptors (Lipinski definition) is 5. The van der Waals surface area contributed by atoms with Crippen LogP contribution in [0.5, 0.6) is 5.75 Å². The van der Waals surface area contributed by atoms with Gasteiger partial charge in [0.25, 0.3) is 5.91 Å². The molecule has 0 radical (unpaired) electrons. The van der Waals surface area contributed by atoms with Gasteiger partial charge in [0.1, 0.15) is 5.75 Å². The number of rotatable bonds is 3. The van der Waals surface area contributed by atoms with Gasteiger partial charge < -0.3 is 10.1 Å². The van der Waals surface area contributed by atoms with E-state index in [2.05, 4.69) is 26.2 Å². The molecule has 25 heavy (non-hydrogen) atoms. The minimum atomic E-state index is -0.387. The van der Waals surface area contributed by atoms with Crippen molar-refractivity contribution in [2.45, 2.75) is 6.92 Å². The first-order valence-corrected chi connectivity index (χ1v) is 8.94. The van der Waals surface area contributed by atoms with Crippen LogP contribution in [0.3, 0.4) is 0 Å². The van der Waals surface area contributed by atoms with E-state index in [0.29, 0.717) is 15.8 Å². The summed E-state index contributed by atoms with van der Waals surface area (Å²) in [7, 11) is 0. The van der Waals surface area contributed by atoms with Crippen molar-refractivity contribution in [2.24, 2.45) is 4.99 Å². The minimum absolute atomic E-state index is 0.209. The highest BCUT2D eigenvalue weighted by Crippen LogP contribution is 2.29. The van der Waals surface area contributed by atoms with Crippen LogP contribution < -0.4 is 10.1 Å². The van der Waals surface area contributed by atoms with Crippen molar-refractivity contribution in [2.75, 3.05) is 0 Å². The molecule has 7 heteroatoms. The topological polar surface area (TPSA) is 67.8 Å². The second kappa shape index (κ2) is 7.67. The average molecular weight is 417 g/mol. The van der Waals surface area contributed by atoms with E-state index in [-0.39, 0.29) is 11.9 Å². The molecule has 0 saturated carbocycles. The van der Waals surface area contributed by atoms with Gasteiger partial charge in [0, 0.05) is 11.4 Å². The Hall–Kier alpha value is -2.38. The molecule has 2 aromatic rings. The first-order chi connectivity index (χ1) is 12.0. The lowest BCUT2D eigenvalue weighted by molar-refractivity contribution is -0.131. The second-order valence-corrected chi connectivity index (χ2v) is 7.07. The zero-order valence-corrected chi connectivity index (χ0v) is 15.6. The van der Waals surface area contributed by atoms with Crippen molar-refractivity contribution in [3.8, 4) is 5.75 Å². The summed E-state index contributed by atoms with van der Waals surface area (Å²) < 4.78 is 6.02. The van der Waals surface area contributed by atoms with Crippen LogP contribution in [0, 0.1) is 0 Å². The molecule has 2 aromatic carbocycles. The van der Waals surface area contributed by atoms with Gasteiger partial charge in [0.05, 0.1) is 10.6 Å². The van der Waals surface area contributed by atoms with Gasteiger partial charge >= 0.3 is 5.97 Å². The number of nitrogens with one attached hydrogen (secondary N) is 1. The molecule has 5 nitrogen and oxygen atoms in total. The molecule has 1 aliphatic rings. The van der Waals surface area contributed by atoms with Crippen molar-refractivity contribution in [1.82, 2.24) is 5.32 Å². The molecule has 1 N–H and O–H groups in total. The Kier molecular flexibility index (Phi) is 5.35. The fourth-order valence-corrected chi connectivity index (χ4v) is 3.20. The maximum atomic E-state index is 12.1. The highest BCUT2D eigenvalue weighted by Gasteiger charge is 2.23. The van der Waals surface area contributed by atoms with Crippen molar-refractivity contribution < 1.29 is 14.3 Å². The summed E-state index contributed by atoms with van der Waals surface area (Å²) in [6.45, 7) is 1.34. The van der Waals surface area contributed by atoms with Crippen LogP contribution >= 0.6 is 27.7 Å². The SMILES string of the molecule is CC(=O)Oc1cccc(/C=C2\SC(=Nc3ccc(Br)cc3)NC2=O)c1. The molecule has 1 fully saturated rings. The monoisotopic (exact) mass is 416 g/mol. The van der Waals surface area contributed by atoms with Gasteiger partial charge in [0.2, 0.25) is 0 Å². The van der Waals surface area contributed by atoms with Gasteiger partial charge in [-0.1, -0.05) is 28.1 Å². The number of carbonyl (C=O) groups is 2. The quantitative estimate of drug-likeness (QED) is 0.460. The van der Waals surface area contributed by atoms with Gasteiger partial charge in [-0.3, -0.25) is 9.59 Å². The fraction of sp³-hybridized carbons (Fsp3) is 0.0556. The number of thioether (sulfide) groups is 1. The number of esters is 1. The highest BCUT2D eigenvalue weighted by atomic mass is 79.9. The number of amides is 1. The predicted octanol–water partition coefficient (Wildman–Crippen LogP) is 4.27. The van der Waals surface area contributed by atoms with Crippen LogP contribution in [-0.2, 0) is 9.59 Å². The number of nitrogens with zero attached hydrogens (tertiary/aromatic N) is 1. The average Bonchev–Trinajstić information content (AvgIpc) is 2.89. The van der Waals surface area contributed by atoms with Crippen molar-refractivity contribution in [1.29, 1.82) is 0 Å². The third-order valence-corrected chi connectivity index (χ3v) is 4.56. The lowest BCUT2D eigenvalue weighted by Gasteiger charge is -2.02. The Balaban J connectivity index is 1.79. The normalized spacial score (nSPS) is 17.0. The maximum Gasteiger partial charge on any atom is 0.308 e. The van der Waals surface area contributed by atoms with Gasteiger partial charge in [-0.05, 0) is 59.8 Å². The smallest absolute Gasteiger partial charge is 0.308 e. The highest BCUT2D eigenvalue weighted by molar-refractivity contribution is 9.10. The van der Waals surface area contributed by atoms with Crippen molar-refractivity contribution in [3.63, 3.8) is 0 Å². The van der Waals surface area contributed by atoms with E-state index in [1.165, 1.54) is 18.7 Å². The largest absolute Gasteiger partial charge is 0.427 e. The van der Waals surface area contributed by atoms with Crippen molar-refractivity contribution in [3.05, 3.63) is 63.5 Å². The van der Waals surface area contributed by atoms with E-state index >= 15 is 0 Å². The van der Waals surface area contributed by atoms with Gasteiger partial charge in [-0.2, -0.15) is 0 Å². The Morgan fingerprint density at radius 1 is 1.24 bits per heavy atom. The summed E-state index contributed by atoms with van der Waals surface area (Å²) in [5.74, 6) is -0.158. The summed E-state index contributed by atoms with van der Waals surface area (Å²) in [5.41, 5.74) is 1.52. The number of carbonyl (C=O) groups excluding carboxylic acids is 2. The fourth-order valence-electron chi connectivity index (χ4n) is 2.10. The van der Waals surface area contributed by atoms with E-state index in [4.69, 9.17) is 4.74 Å². The number of ether oxygens (including phenoxy) is 1. The lowest BCUT2D eigenvalue weighted by Crippen LogP contribution is -2.19. The van der Waals surface area contributed by atoms with Crippen molar-refractivity contribution >= 4 is 56.5 Å². The first-order valence-electron chi connectivity index (χ1n) is 7.33. The molecular formula is C18H13BrN2O3S. The number of hydrogen-bond donors (Lipinski definition) is 1. The van der Waals surface area contributed by atoms with E-state index in [1.54, 1.807) is 24.3 Å². The number of aliphatic imine (C=N–C) groups is 1. The summed E-state index contributed by atoms with van der Waals surface area (Å²) in [6, 6.07) is 14.5. The number of amidine groups is 1. The third-order valence-electron chi connectivity index (χ3n) is 3.13. The van der Waals surface area contributed by atoms with E-state index in [1.807, 2.05) is 30.3 Å². The molecule has 3 rings (SSSR count). The van der Waals surface area contributed by atoms with Crippen LogP contribution in [0.1, 0.15) is 12.5 Å². The molecule has 0 aliphatic carbocycles. The summed E-state index contributed by atoms with van der Waals surface area (Å²) >= 11 is 4.63. The summed E-state index contributed by atoms with van der Waals surface area (Å²) in [4.78, 5) is 28.1. The van der Waals surface area contributed by atoms with E-state index < -0.39 is 0 Å². The predicted molar refractivity (Wildman–Crippen MR) is 103 cm³/mol. The molecule has 1 heterocycles. The number of benzene rings is 2. The standard InChI is InChI=1S/C18H13BrN2O3S/c1-11(22)24-15-4-2-3-12(9-15)10-16-17(23)21-18(25-16)20-14-7-5-13(19)6-8-14/h2-10H,1H3,(H,20,21,23)/b16-10-. The molecule has 1 amide bonds. The first kappa shape index (κ1) is 17.4. The summed E-state index contributed by atoms with van der Waals surface area (Å²) in [6.07, 6.45) is 1.73. The van der Waals surface area contributed by atoms with Crippen LogP contribution in [0.25, 0.3) is 6.08 Å². The zero-order chi connectivity index (χ0) is 17.8. The van der Waals surface area contributed by atoms with Crippen LogP contribution in [0.2, 0.25) is 0 Å². The van der Waals surface area contributed by atoms with Gasteiger partial charge in [-0.25, -0.2) is 4.99 Å². The van der Waals surface area contributed by atoms with E-state index in [0.717, 1.165) is 15.7 Å². The Morgan fingerprint density at radius 2 is 2.00 bits per heavy atom. The zero-order valence-electron chi connectivity index (χ0n) is 13.2. The van der Waals surface area contributed by atoms with Crippen LogP contribution in [-0.4, -0.2) is 17.0 Å². The molecule has 0 spiro atoms. The molecule has 1 aliphatic heterocycles. The minimum Gasteiger partial charge on any atom is -0.427 e. The molecule has 0 bridgehead atoms. The van der Waals surface area contributed by atoms with Crippen LogP contribution in [0.4, 0.5) is 5.69 Å². The van der Waals surface area contributed by atoms with E-state index in [9.17, 15) is 9.59 Å². The Morgan fingerprint density at radius 3 is 2.72 bits per heavy atom. The molecule has 1 saturated heterocycles. The molecular weight excluding hydrogens is 404 g/mol. The molecule has 126 valence electrons. The third kappa shape index (κ3) is 4.80. The Bertz CT molecular complexity index is 891. The van der Waals surface area contributed by atoms with Crippen LogP contribution in [0.15, 0.2) is 62.9 Å². The molecule has 0 atom stereocenters. The summed E-state index contributed by atoms with van der Waals surface area (Å²) in [5, 5.41) is 3.27. The Labute approximate surface area is 157 Å². The molecule has 0 unspecified atom stereocenters. The van der Waals surface area contributed by atoms with Gasteiger partial charge in [0.15, 0.2) is 5.17 Å². The maximum absolute atomic E-state index is 12.1. The lowest BCUT2D eigenvalue weighted by atomic mass is 10.2. The number of halogens is 1. The molecule has 0 aromatic heterocycles. The second-order valence-electron chi connectivity index (χ2n) is 5.12.